The number of hydrogen-bond acceptors (Lipinski definition) is 7. The predicted molar refractivity (Wildman–Crippen MR) is 170 cm³/mol. The molecule has 45 heavy (non-hydrogen) atoms. The van der Waals surface area contributed by atoms with E-state index in [-0.39, 0.29) is 43.5 Å². The molecule has 5 rings (SSSR count). The molecule has 240 valence electrons. The van der Waals surface area contributed by atoms with Crippen LogP contribution in [0.25, 0.3) is 11.1 Å². The number of nitrogens with one attached hydrogen (secondary N) is 1. The van der Waals surface area contributed by atoms with Crippen LogP contribution >= 0.6 is 0 Å². The van der Waals surface area contributed by atoms with Crippen molar-refractivity contribution >= 4 is 11.9 Å². The van der Waals surface area contributed by atoms with Crippen LogP contribution in [-0.4, -0.2) is 65.9 Å². The summed E-state index contributed by atoms with van der Waals surface area (Å²) < 4.78 is 18.9. The maximum Gasteiger partial charge on any atom is 0.303 e. The number of amides is 1. The summed E-state index contributed by atoms with van der Waals surface area (Å²) in [5.41, 5.74) is 5.76. The lowest BCUT2D eigenvalue weighted by atomic mass is 9.89. The molecular weight excluding hydrogens is 572 g/mol. The Balaban J connectivity index is 1.35. The van der Waals surface area contributed by atoms with E-state index in [1.54, 1.807) is 7.11 Å². The minimum atomic E-state index is -0.991. The van der Waals surface area contributed by atoms with Crippen LogP contribution < -0.4 is 5.32 Å². The fourth-order valence-corrected chi connectivity index (χ4v) is 6.35. The zero-order chi connectivity index (χ0) is 31.8. The molecule has 3 aromatic rings. The number of carboxylic acids is 1. The van der Waals surface area contributed by atoms with E-state index in [1.807, 2.05) is 72.8 Å². The number of methoxy groups -OCH3 is 1. The highest BCUT2D eigenvalue weighted by atomic mass is 16.7. The van der Waals surface area contributed by atoms with Crippen molar-refractivity contribution in [3.05, 3.63) is 95.1 Å². The molecule has 0 aliphatic carbocycles. The van der Waals surface area contributed by atoms with Gasteiger partial charge in [0.2, 0.25) is 5.91 Å². The van der Waals surface area contributed by atoms with Crippen molar-refractivity contribution in [1.29, 1.82) is 0 Å². The fourth-order valence-electron chi connectivity index (χ4n) is 6.35. The second-order valence-electron chi connectivity index (χ2n) is 12.0. The molecule has 3 N–H and O–H groups in total. The third-order valence-electron chi connectivity index (χ3n) is 8.95. The highest BCUT2D eigenvalue weighted by Crippen LogP contribution is 2.42. The zero-order valence-corrected chi connectivity index (χ0v) is 26.1. The fraction of sp³-hybridized carbons (Fsp3) is 0.444. The van der Waals surface area contributed by atoms with Crippen LogP contribution in [0.1, 0.15) is 67.3 Å². The second-order valence-corrected chi connectivity index (χ2v) is 12.0. The summed E-state index contributed by atoms with van der Waals surface area (Å²) in [4.78, 5) is 25.4. The van der Waals surface area contributed by atoms with Crippen molar-refractivity contribution in [1.82, 2.24) is 10.2 Å². The summed E-state index contributed by atoms with van der Waals surface area (Å²) in [6.07, 6.45) is 1.22. The lowest BCUT2D eigenvalue weighted by molar-refractivity contribution is -0.276. The van der Waals surface area contributed by atoms with E-state index in [1.165, 1.54) is 0 Å². The molecular formula is C36H44N2O7. The van der Waals surface area contributed by atoms with Crippen LogP contribution in [0.2, 0.25) is 0 Å². The molecule has 5 atom stereocenters. The number of likely N-dealkylation sites (tertiary alicyclic amines) is 1. The standard InChI is InChI=1S/C36H44N2O7/c1-24-32(21-38-19-5-7-30(38)23-43-2)44-36(45-35(24)27-11-9-25(22-39)10-12-27)28-15-13-26(14-16-28)31-8-4-3-6-29(31)20-37-33(40)17-18-34(41)42/h3-4,6,8-16,24,30,32,35-36,39H,5,7,17-23H2,1-2H3,(H,37,40)(H,41,42). The third kappa shape index (κ3) is 8.36. The predicted octanol–water partition coefficient (Wildman–Crippen LogP) is 5.23. The van der Waals surface area contributed by atoms with Crippen LogP contribution in [0.3, 0.4) is 0 Å². The number of aliphatic hydroxyl groups is 1. The van der Waals surface area contributed by atoms with Gasteiger partial charge in [0, 0.05) is 44.1 Å². The number of rotatable bonds is 13. The number of ether oxygens (including phenoxy) is 3. The van der Waals surface area contributed by atoms with E-state index in [4.69, 9.17) is 19.3 Å². The van der Waals surface area contributed by atoms with Gasteiger partial charge >= 0.3 is 5.97 Å². The Morgan fingerprint density at radius 2 is 1.71 bits per heavy atom. The molecule has 1 amide bonds. The number of benzene rings is 3. The number of aliphatic hydroxyl groups excluding tert-OH is 1. The Labute approximate surface area is 265 Å². The van der Waals surface area contributed by atoms with Crippen molar-refractivity contribution in [2.75, 3.05) is 26.8 Å². The van der Waals surface area contributed by atoms with Crippen molar-refractivity contribution < 1.29 is 34.0 Å². The number of carboxylic acid groups (broad SMARTS) is 1. The molecule has 0 bridgehead atoms. The maximum atomic E-state index is 12.1. The molecule has 9 nitrogen and oxygen atoms in total. The van der Waals surface area contributed by atoms with Crippen molar-refractivity contribution in [3.8, 4) is 11.1 Å². The molecule has 2 saturated heterocycles. The second kappa shape index (κ2) is 15.6. The molecule has 2 aliphatic heterocycles. The van der Waals surface area contributed by atoms with Crippen LogP contribution in [0.5, 0.6) is 0 Å². The number of carbonyl (C=O) groups is 2. The molecule has 0 spiro atoms. The van der Waals surface area contributed by atoms with Crippen LogP contribution in [0.4, 0.5) is 0 Å². The summed E-state index contributed by atoms with van der Waals surface area (Å²) in [6.45, 7) is 5.02. The third-order valence-corrected chi connectivity index (χ3v) is 8.95. The van der Waals surface area contributed by atoms with Crippen LogP contribution in [0.15, 0.2) is 72.8 Å². The number of hydrogen-bond donors (Lipinski definition) is 3. The molecule has 0 radical (unpaired) electrons. The average Bonchev–Trinajstić information content (AvgIpc) is 3.50. The molecule has 2 aliphatic rings. The van der Waals surface area contributed by atoms with Crippen molar-refractivity contribution in [2.45, 2.75) is 70.3 Å². The van der Waals surface area contributed by atoms with Gasteiger partial charge in [-0.15, -0.1) is 0 Å². The van der Waals surface area contributed by atoms with Gasteiger partial charge in [-0.05, 0) is 47.2 Å². The quantitative estimate of drug-likeness (QED) is 0.239. The summed E-state index contributed by atoms with van der Waals surface area (Å²) >= 11 is 0. The molecule has 5 unspecified atom stereocenters. The number of nitrogens with zero attached hydrogens (tertiary/aromatic N) is 1. The maximum absolute atomic E-state index is 12.1. The monoisotopic (exact) mass is 616 g/mol. The Bertz CT molecular complexity index is 1410. The molecule has 2 heterocycles. The van der Waals surface area contributed by atoms with E-state index in [9.17, 15) is 14.7 Å². The first-order valence-corrected chi connectivity index (χ1v) is 15.8. The van der Waals surface area contributed by atoms with Crippen molar-refractivity contribution in [2.24, 2.45) is 5.92 Å². The minimum Gasteiger partial charge on any atom is -0.481 e. The van der Waals surface area contributed by atoms with Gasteiger partial charge in [-0.3, -0.25) is 14.5 Å². The van der Waals surface area contributed by atoms with Gasteiger partial charge in [-0.2, -0.15) is 0 Å². The Hall–Kier alpha value is -3.60. The van der Waals surface area contributed by atoms with Crippen molar-refractivity contribution in [3.63, 3.8) is 0 Å². The molecule has 3 aromatic carbocycles. The largest absolute Gasteiger partial charge is 0.481 e. The Morgan fingerprint density at radius 3 is 2.42 bits per heavy atom. The minimum absolute atomic E-state index is 0.00185. The number of aliphatic carboxylic acids is 1. The van der Waals surface area contributed by atoms with Gasteiger partial charge in [-0.1, -0.05) is 79.7 Å². The van der Waals surface area contributed by atoms with E-state index in [0.29, 0.717) is 19.2 Å². The average molecular weight is 617 g/mol. The topological polar surface area (TPSA) is 118 Å². The van der Waals surface area contributed by atoms with Gasteiger partial charge in [0.25, 0.3) is 0 Å². The Kier molecular flexibility index (Phi) is 11.4. The van der Waals surface area contributed by atoms with Crippen LogP contribution in [-0.2, 0) is 37.0 Å². The van der Waals surface area contributed by atoms with E-state index in [2.05, 4.69) is 17.1 Å². The van der Waals surface area contributed by atoms with Gasteiger partial charge < -0.3 is 29.7 Å². The van der Waals surface area contributed by atoms with Gasteiger partial charge in [0.15, 0.2) is 6.29 Å². The van der Waals surface area contributed by atoms with E-state index < -0.39 is 12.3 Å². The molecule has 9 heteroatoms. The lowest BCUT2D eigenvalue weighted by Gasteiger charge is -2.43. The first kappa shape index (κ1) is 32.8. The van der Waals surface area contributed by atoms with Crippen LogP contribution in [0, 0.1) is 5.92 Å². The Morgan fingerprint density at radius 1 is 0.978 bits per heavy atom. The first-order chi connectivity index (χ1) is 21.9. The lowest BCUT2D eigenvalue weighted by Crippen LogP contribution is -2.46. The highest BCUT2D eigenvalue weighted by molar-refractivity contribution is 5.80. The van der Waals surface area contributed by atoms with E-state index >= 15 is 0 Å². The summed E-state index contributed by atoms with van der Waals surface area (Å²) in [7, 11) is 1.76. The summed E-state index contributed by atoms with van der Waals surface area (Å²) in [6, 6.07) is 24.4. The first-order valence-electron chi connectivity index (χ1n) is 15.8. The summed E-state index contributed by atoms with van der Waals surface area (Å²) in [5, 5.41) is 21.3. The molecule has 2 fully saturated rings. The van der Waals surface area contributed by atoms with Gasteiger partial charge in [0.1, 0.15) is 0 Å². The molecule has 0 saturated carbocycles. The molecule has 0 aromatic heterocycles. The number of carbonyl (C=O) groups excluding carboxylic acids is 1. The zero-order valence-electron chi connectivity index (χ0n) is 26.1. The SMILES string of the molecule is COCC1CCCN1CC1OC(c2ccc(-c3ccccc3CNC(=O)CCC(=O)O)cc2)OC(c2ccc(CO)cc2)C1C. The van der Waals surface area contributed by atoms with Gasteiger partial charge in [-0.25, -0.2) is 0 Å². The highest BCUT2D eigenvalue weighted by Gasteiger charge is 2.40. The van der Waals surface area contributed by atoms with Gasteiger partial charge in [0.05, 0.1) is 31.8 Å². The van der Waals surface area contributed by atoms with E-state index in [0.717, 1.165) is 59.3 Å². The smallest absolute Gasteiger partial charge is 0.303 e. The summed E-state index contributed by atoms with van der Waals surface area (Å²) in [5.74, 6) is -1.18. The normalized spacial score (nSPS) is 23.6.